The van der Waals surface area contributed by atoms with E-state index in [1.807, 2.05) is 6.07 Å². The van der Waals surface area contributed by atoms with Gasteiger partial charge < -0.3 is 14.9 Å². The highest BCUT2D eigenvalue weighted by atomic mass is 32.1. The monoisotopic (exact) mass is 561 g/mol. The molecule has 5 rings (SSSR count). The van der Waals surface area contributed by atoms with Crippen molar-refractivity contribution in [1.29, 1.82) is 0 Å². The van der Waals surface area contributed by atoms with E-state index in [0.29, 0.717) is 17.3 Å². The number of alkyl halides is 6. The van der Waals surface area contributed by atoms with Gasteiger partial charge >= 0.3 is 12.4 Å². The van der Waals surface area contributed by atoms with Gasteiger partial charge in [-0.3, -0.25) is 9.48 Å². The molecule has 4 heterocycles. The van der Waals surface area contributed by atoms with Gasteiger partial charge in [0, 0.05) is 49.7 Å². The van der Waals surface area contributed by atoms with E-state index in [1.54, 1.807) is 6.20 Å². The number of anilines is 1. The topological polar surface area (TPSA) is 100 Å². The quantitative estimate of drug-likeness (QED) is 0.461. The molecule has 3 aromatic heterocycles. The zero-order valence-electron chi connectivity index (χ0n) is 19.6. The van der Waals surface area contributed by atoms with Crippen molar-refractivity contribution in [2.75, 3.05) is 31.1 Å². The standard InChI is InChI=1S/C22H21F6N7O2S/c23-21(24,25)19-29-7-13(8-30-19)17-18(38-20(31-17)22(26,27)28)33-5-6-35(14(9-33)11-36)16(37)10-34-4-3-15(32-34)12-1-2-12/h3-4,7-8,12,14,36H,1-2,5-6,9-11H2/t14-/m1/s1. The first kappa shape index (κ1) is 26.3. The lowest BCUT2D eigenvalue weighted by molar-refractivity contribution is -0.145. The molecular weight excluding hydrogens is 540 g/mol. The lowest BCUT2D eigenvalue weighted by atomic mass is 10.1. The Bertz CT molecular complexity index is 1300. The van der Waals surface area contributed by atoms with Crippen molar-refractivity contribution in [2.24, 2.45) is 0 Å². The Morgan fingerprint density at radius 2 is 1.79 bits per heavy atom. The summed E-state index contributed by atoms with van der Waals surface area (Å²) in [6, 6.07) is 1.13. The molecule has 1 saturated carbocycles. The van der Waals surface area contributed by atoms with E-state index in [4.69, 9.17) is 0 Å². The van der Waals surface area contributed by atoms with Crippen LogP contribution in [0, 0.1) is 0 Å². The molecular formula is C22H21F6N7O2S. The summed E-state index contributed by atoms with van der Waals surface area (Å²) in [6.45, 7) is -0.289. The molecule has 1 aliphatic heterocycles. The molecule has 2 fully saturated rings. The average molecular weight is 562 g/mol. The van der Waals surface area contributed by atoms with Gasteiger partial charge in [0.1, 0.15) is 17.2 Å². The summed E-state index contributed by atoms with van der Waals surface area (Å²) in [5.41, 5.74) is 0.576. The van der Waals surface area contributed by atoms with Crippen LogP contribution in [0.1, 0.15) is 35.3 Å². The first-order valence-electron chi connectivity index (χ1n) is 11.6. The smallest absolute Gasteiger partial charge is 0.394 e. The molecule has 16 heteroatoms. The number of hydrogen-bond acceptors (Lipinski definition) is 8. The van der Waals surface area contributed by atoms with Crippen LogP contribution in [0.5, 0.6) is 0 Å². The average Bonchev–Trinajstić information content (AvgIpc) is 3.43. The minimum absolute atomic E-state index is 0.0113. The van der Waals surface area contributed by atoms with E-state index in [9.17, 15) is 36.2 Å². The van der Waals surface area contributed by atoms with Crippen molar-refractivity contribution in [2.45, 2.75) is 43.7 Å². The maximum atomic E-state index is 13.5. The van der Waals surface area contributed by atoms with Crippen LogP contribution in [0.2, 0.25) is 0 Å². The van der Waals surface area contributed by atoms with E-state index >= 15 is 0 Å². The molecule has 204 valence electrons. The summed E-state index contributed by atoms with van der Waals surface area (Å²) >= 11 is 0.326. The van der Waals surface area contributed by atoms with E-state index in [1.165, 1.54) is 14.5 Å². The number of nitrogens with zero attached hydrogens (tertiary/aromatic N) is 7. The van der Waals surface area contributed by atoms with Crippen LogP contribution in [0.3, 0.4) is 0 Å². The number of aliphatic hydroxyl groups excluding tert-OH is 1. The minimum atomic E-state index is -4.81. The molecule has 1 aliphatic carbocycles. The summed E-state index contributed by atoms with van der Waals surface area (Å²) < 4.78 is 80.6. The van der Waals surface area contributed by atoms with Gasteiger partial charge in [0.2, 0.25) is 16.7 Å². The van der Waals surface area contributed by atoms with Crippen LogP contribution in [0.15, 0.2) is 24.7 Å². The summed E-state index contributed by atoms with van der Waals surface area (Å²) in [4.78, 5) is 26.1. The second-order valence-corrected chi connectivity index (χ2v) is 10.0. The predicted molar refractivity (Wildman–Crippen MR) is 122 cm³/mol. The fraction of sp³-hybridized carbons (Fsp3) is 0.500. The zero-order chi connectivity index (χ0) is 27.2. The number of piperazine rings is 1. The lowest BCUT2D eigenvalue weighted by Gasteiger charge is -2.41. The van der Waals surface area contributed by atoms with Crippen molar-refractivity contribution in [3.05, 3.63) is 41.2 Å². The Morgan fingerprint density at radius 1 is 1.08 bits per heavy atom. The van der Waals surface area contributed by atoms with Crippen molar-refractivity contribution in [3.8, 4) is 11.3 Å². The van der Waals surface area contributed by atoms with E-state index in [-0.39, 0.29) is 48.3 Å². The maximum Gasteiger partial charge on any atom is 0.451 e. The molecule has 2 aliphatic rings. The number of carbonyl (C=O) groups is 1. The van der Waals surface area contributed by atoms with E-state index < -0.39 is 35.8 Å². The maximum absolute atomic E-state index is 13.5. The number of amides is 1. The number of carbonyl (C=O) groups excluding carboxylic acids is 1. The number of rotatable bonds is 6. The zero-order valence-corrected chi connectivity index (χ0v) is 20.4. The van der Waals surface area contributed by atoms with Crippen LogP contribution in [0.4, 0.5) is 31.3 Å². The first-order valence-corrected chi connectivity index (χ1v) is 12.4. The molecule has 0 radical (unpaired) electrons. The molecule has 0 bridgehead atoms. The summed E-state index contributed by atoms with van der Waals surface area (Å²) in [6.07, 6.45) is -4.21. The Balaban J connectivity index is 1.36. The van der Waals surface area contributed by atoms with E-state index in [2.05, 4.69) is 20.1 Å². The lowest BCUT2D eigenvalue weighted by Crippen LogP contribution is -2.57. The third-order valence-electron chi connectivity index (χ3n) is 6.29. The minimum Gasteiger partial charge on any atom is -0.394 e. The van der Waals surface area contributed by atoms with Crippen LogP contribution in [0.25, 0.3) is 11.3 Å². The third-order valence-corrected chi connectivity index (χ3v) is 7.45. The van der Waals surface area contributed by atoms with Gasteiger partial charge in [-0.1, -0.05) is 11.3 Å². The fourth-order valence-corrected chi connectivity index (χ4v) is 5.24. The summed E-state index contributed by atoms with van der Waals surface area (Å²) in [5.74, 6) is -1.31. The Labute approximate surface area is 215 Å². The number of thiazole rings is 1. The molecule has 1 N–H and O–H groups in total. The highest BCUT2D eigenvalue weighted by molar-refractivity contribution is 7.16. The Kier molecular flexibility index (Phi) is 6.79. The van der Waals surface area contributed by atoms with Crippen LogP contribution in [-0.2, 0) is 23.7 Å². The Hall–Kier alpha value is -3.27. The molecule has 3 aromatic rings. The highest BCUT2D eigenvalue weighted by Gasteiger charge is 2.40. The summed E-state index contributed by atoms with van der Waals surface area (Å²) in [7, 11) is 0. The van der Waals surface area contributed by atoms with Crippen LogP contribution in [-0.4, -0.2) is 72.9 Å². The van der Waals surface area contributed by atoms with Gasteiger partial charge in [-0.25, -0.2) is 15.0 Å². The van der Waals surface area contributed by atoms with Gasteiger partial charge in [0.15, 0.2) is 0 Å². The predicted octanol–water partition coefficient (Wildman–Crippen LogP) is 3.42. The molecule has 38 heavy (non-hydrogen) atoms. The van der Waals surface area contributed by atoms with Crippen molar-refractivity contribution in [3.63, 3.8) is 0 Å². The van der Waals surface area contributed by atoms with Crippen molar-refractivity contribution >= 4 is 22.2 Å². The van der Waals surface area contributed by atoms with Crippen molar-refractivity contribution in [1.82, 2.24) is 29.6 Å². The van der Waals surface area contributed by atoms with Gasteiger partial charge in [0.05, 0.1) is 18.3 Å². The highest BCUT2D eigenvalue weighted by Crippen LogP contribution is 2.43. The normalized spacial score (nSPS) is 18.8. The van der Waals surface area contributed by atoms with Gasteiger partial charge in [0.25, 0.3) is 0 Å². The second kappa shape index (κ2) is 9.80. The summed E-state index contributed by atoms with van der Waals surface area (Å²) in [5, 5.41) is 13.3. The molecule has 0 aromatic carbocycles. The fourth-order valence-electron chi connectivity index (χ4n) is 4.25. The number of aliphatic hydroxyl groups is 1. The van der Waals surface area contributed by atoms with E-state index in [0.717, 1.165) is 30.9 Å². The number of aromatic nitrogens is 5. The molecule has 0 unspecified atom stereocenters. The number of hydrogen-bond donors (Lipinski definition) is 1. The Morgan fingerprint density at radius 3 is 2.39 bits per heavy atom. The first-order chi connectivity index (χ1) is 17.9. The molecule has 0 spiro atoms. The van der Waals surface area contributed by atoms with Crippen LogP contribution < -0.4 is 4.90 Å². The number of halogens is 6. The van der Waals surface area contributed by atoms with Crippen LogP contribution >= 0.6 is 11.3 Å². The van der Waals surface area contributed by atoms with Gasteiger partial charge in [-0.15, -0.1) is 0 Å². The SMILES string of the molecule is O=C(Cn1ccc(C2CC2)n1)N1CCN(c2sc(C(F)(F)F)nc2-c2cnc(C(F)(F)F)nc2)C[C@@H]1CO. The molecule has 1 atom stereocenters. The second-order valence-electron chi connectivity index (χ2n) is 9.05. The van der Waals surface area contributed by atoms with Gasteiger partial charge in [-0.2, -0.15) is 31.4 Å². The van der Waals surface area contributed by atoms with Crippen molar-refractivity contribution < 1.29 is 36.2 Å². The van der Waals surface area contributed by atoms with Gasteiger partial charge in [-0.05, 0) is 18.9 Å². The molecule has 1 saturated heterocycles. The third kappa shape index (κ3) is 5.45. The largest absolute Gasteiger partial charge is 0.451 e. The molecule has 1 amide bonds. The molecule has 9 nitrogen and oxygen atoms in total.